The van der Waals surface area contributed by atoms with Gasteiger partial charge in [-0.2, -0.15) is 0 Å². The van der Waals surface area contributed by atoms with Gasteiger partial charge in [0.05, 0.1) is 22.8 Å². The number of halogens is 2. The van der Waals surface area contributed by atoms with Crippen molar-refractivity contribution in [2.45, 2.75) is 31.9 Å². The molecule has 0 fully saturated rings. The summed E-state index contributed by atoms with van der Waals surface area (Å²) in [5.74, 6) is 2.33. The van der Waals surface area contributed by atoms with Gasteiger partial charge in [-0.3, -0.25) is 4.99 Å². The van der Waals surface area contributed by atoms with Crippen LogP contribution in [-0.4, -0.2) is 12.8 Å². The van der Waals surface area contributed by atoms with Gasteiger partial charge in [-0.25, -0.2) is 0 Å². The van der Waals surface area contributed by atoms with E-state index in [2.05, 4.69) is 81.9 Å². The summed E-state index contributed by atoms with van der Waals surface area (Å²) in [6.07, 6.45) is 7.65. The highest BCUT2D eigenvalue weighted by molar-refractivity contribution is 9.10. The van der Waals surface area contributed by atoms with Gasteiger partial charge in [-0.05, 0) is 99.9 Å². The number of fused-ring (bicyclic) bond motifs is 3. The third kappa shape index (κ3) is 5.67. The Kier molecular flexibility index (Phi) is 7.94. The number of aliphatic imine (C=N–C) groups is 1. The molecule has 0 bridgehead atoms. The molecule has 1 N–H and O–H groups in total. The molecule has 0 radical (unpaired) electrons. The van der Waals surface area contributed by atoms with Gasteiger partial charge < -0.3 is 14.8 Å². The summed E-state index contributed by atoms with van der Waals surface area (Å²) in [4.78, 5) is 4.75. The van der Waals surface area contributed by atoms with Crippen LogP contribution >= 0.6 is 27.5 Å². The van der Waals surface area contributed by atoms with Crippen LogP contribution in [0.1, 0.15) is 47.6 Å². The van der Waals surface area contributed by atoms with Gasteiger partial charge in [-0.1, -0.05) is 66.2 Å². The first-order valence-corrected chi connectivity index (χ1v) is 14.8. The van der Waals surface area contributed by atoms with E-state index in [-0.39, 0.29) is 6.04 Å². The fourth-order valence-corrected chi connectivity index (χ4v) is 6.29. The lowest BCUT2D eigenvalue weighted by atomic mass is 9.77. The molecule has 4 aromatic carbocycles. The molecule has 4 nitrogen and oxygen atoms in total. The van der Waals surface area contributed by atoms with Gasteiger partial charge in [0.1, 0.15) is 6.61 Å². The van der Waals surface area contributed by atoms with E-state index < -0.39 is 0 Å². The Hall–Kier alpha value is -3.54. The van der Waals surface area contributed by atoms with Crippen molar-refractivity contribution in [2.75, 3.05) is 11.9 Å². The summed E-state index contributed by atoms with van der Waals surface area (Å²) in [6.45, 7) is 2.90. The highest BCUT2D eigenvalue weighted by Crippen LogP contribution is 2.49. The zero-order valence-electron chi connectivity index (χ0n) is 22.2. The quantitative estimate of drug-likeness (QED) is 0.159. The highest BCUT2D eigenvalue weighted by Gasteiger charge is 2.37. The molecular formula is C34H30BrClN2O2. The molecule has 3 atom stereocenters. The van der Waals surface area contributed by atoms with Gasteiger partial charge in [-0.15, -0.1) is 0 Å². The summed E-state index contributed by atoms with van der Waals surface area (Å²) < 4.78 is 12.8. The lowest BCUT2D eigenvalue weighted by Gasteiger charge is -2.37. The van der Waals surface area contributed by atoms with Crippen molar-refractivity contribution in [2.24, 2.45) is 10.9 Å². The van der Waals surface area contributed by atoms with E-state index in [4.69, 9.17) is 26.1 Å². The Morgan fingerprint density at radius 2 is 1.80 bits per heavy atom. The van der Waals surface area contributed by atoms with Crippen LogP contribution in [-0.2, 0) is 6.61 Å². The van der Waals surface area contributed by atoms with E-state index in [0.717, 1.165) is 27.7 Å². The predicted octanol–water partition coefficient (Wildman–Crippen LogP) is 9.66. The molecule has 0 amide bonds. The third-order valence-electron chi connectivity index (χ3n) is 7.52. The standard InChI is InChI=1S/C34H30BrClN2O2/c1-2-39-32-19-23(18-30(35)34(32)40-21-22-10-14-25(36)15-11-22)20-37-26-16-12-24(13-17-26)33-29-8-5-7-27(29)28-6-3-4-9-31(28)38-33/h3-7,9-20,27,29,33,38H,2,8,21H2,1H3/t27-,29-,33+/m1/s1. The number of nitrogens with one attached hydrogen (secondary N) is 1. The molecule has 0 aromatic heterocycles. The minimum Gasteiger partial charge on any atom is -0.490 e. The molecular weight excluding hydrogens is 584 g/mol. The van der Waals surface area contributed by atoms with Crippen LogP contribution in [0, 0.1) is 5.92 Å². The van der Waals surface area contributed by atoms with Crippen molar-refractivity contribution in [3.63, 3.8) is 0 Å². The SMILES string of the molecule is CCOc1cc(C=Nc2ccc([C@@H]3Nc4ccccc4[C@H]4C=CC[C@H]43)cc2)cc(Br)c1OCc1ccc(Cl)cc1. The number of benzene rings is 4. The fraction of sp³-hybridized carbons (Fsp3) is 0.206. The maximum Gasteiger partial charge on any atom is 0.175 e. The highest BCUT2D eigenvalue weighted by atomic mass is 79.9. The van der Waals surface area contributed by atoms with Crippen LogP contribution in [0.5, 0.6) is 11.5 Å². The molecule has 2 aliphatic rings. The van der Waals surface area contributed by atoms with E-state index in [9.17, 15) is 0 Å². The van der Waals surface area contributed by atoms with Gasteiger partial charge in [0.2, 0.25) is 0 Å². The Bertz CT molecular complexity index is 1550. The second-order valence-electron chi connectivity index (χ2n) is 10.1. The van der Waals surface area contributed by atoms with Gasteiger partial charge in [0.15, 0.2) is 11.5 Å². The Morgan fingerprint density at radius 1 is 1.00 bits per heavy atom. The zero-order valence-corrected chi connectivity index (χ0v) is 24.5. The number of anilines is 1. The number of rotatable bonds is 8. The smallest absolute Gasteiger partial charge is 0.175 e. The molecule has 1 heterocycles. The summed E-state index contributed by atoms with van der Waals surface area (Å²) in [7, 11) is 0. The normalized spacial score (nSPS) is 19.2. The van der Waals surface area contributed by atoms with Crippen LogP contribution in [0.4, 0.5) is 11.4 Å². The molecule has 0 unspecified atom stereocenters. The van der Waals surface area contributed by atoms with E-state index >= 15 is 0 Å². The Balaban J connectivity index is 1.17. The van der Waals surface area contributed by atoms with E-state index in [1.54, 1.807) is 0 Å². The first-order chi connectivity index (χ1) is 19.6. The fourth-order valence-electron chi connectivity index (χ4n) is 5.59. The molecule has 4 aromatic rings. The van der Waals surface area contributed by atoms with Crippen molar-refractivity contribution < 1.29 is 9.47 Å². The van der Waals surface area contributed by atoms with Crippen molar-refractivity contribution in [3.8, 4) is 11.5 Å². The van der Waals surface area contributed by atoms with Crippen LogP contribution in [0.25, 0.3) is 0 Å². The van der Waals surface area contributed by atoms with Gasteiger partial charge >= 0.3 is 0 Å². The summed E-state index contributed by atoms with van der Waals surface area (Å²) >= 11 is 9.67. The van der Waals surface area contributed by atoms with Crippen molar-refractivity contribution in [1.29, 1.82) is 0 Å². The lowest BCUT2D eigenvalue weighted by molar-refractivity contribution is 0.267. The topological polar surface area (TPSA) is 42.8 Å². The minimum atomic E-state index is 0.276. The first-order valence-electron chi connectivity index (χ1n) is 13.6. The second kappa shape index (κ2) is 11.9. The monoisotopic (exact) mass is 612 g/mol. The average Bonchev–Trinajstić information content (AvgIpc) is 3.47. The maximum atomic E-state index is 6.12. The largest absolute Gasteiger partial charge is 0.490 e. The Morgan fingerprint density at radius 3 is 2.60 bits per heavy atom. The first kappa shape index (κ1) is 26.7. The van der Waals surface area contributed by atoms with Crippen molar-refractivity contribution in [1.82, 2.24) is 0 Å². The van der Waals surface area contributed by atoms with Crippen LogP contribution < -0.4 is 14.8 Å². The number of allylic oxidation sites excluding steroid dienone is 2. The van der Waals surface area contributed by atoms with Crippen molar-refractivity contribution in [3.05, 3.63) is 129 Å². The molecule has 0 saturated carbocycles. The van der Waals surface area contributed by atoms with Crippen LogP contribution in [0.3, 0.4) is 0 Å². The van der Waals surface area contributed by atoms with Crippen molar-refractivity contribution >= 4 is 45.1 Å². The molecule has 40 heavy (non-hydrogen) atoms. The van der Waals surface area contributed by atoms with Crippen LogP contribution in [0.2, 0.25) is 5.02 Å². The van der Waals surface area contributed by atoms with Gasteiger partial charge in [0, 0.05) is 22.8 Å². The number of nitrogens with zero attached hydrogens (tertiary/aromatic N) is 1. The molecule has 0 saturated heterocycles. The molecule has 6 rings (SSSR count). The van der Waals surface area contributed by atoms with Crippen LogP contribution in [0.15, 0.2) is 107 Å². The molecule has 1 aliphatic heterocycles. The molecule has 6 heteroatoms. The summed E-state index contributed by atoms with van der Waals surface area (Å²) in [6, 6.07) is 29.1. The molecule has 1 aliphatic carbocycles. The number of hydrogen-bond donors (Lipinski definition) is 1. The zero-order chi connectivity index (χ0) is 27.5. The minimum absolute atomic E-state index is 0.276. The maximum absolute atomic E-state index is 6.12. The number of ether oxygens (including phenoxy) is 2. The second-order valence-corrected chi connectivity index (χ2v) is 11.4. The molecule has 202 valence electrons. The Labute approximate surface area is 248 Å². The summed E-state index contributed by atoms with van der Waals surface area (Å²) in [5.41, 5.74) is 6.77. The van der Waals surface area contributed by atoms with Gasteiger partial charge in [0.25, 0.3) is 0 Å². The average molecular weight is 614 g/mol. The molecule has 0 spiro atoms. The lowest BCUT2D eigenvalue weighted by Crippen LogP contribution is -2.28. The third-order valence-corrected chi connectivity index (χ3v) is 8.36. The number of hydrogen-bond acceptors (Lipinski definition) is 4. The predicted molar refractivity (Wildman–Crippen MR) is 168 cm³/mol. The van der Waals surface area contributed by atoms with E-state index in [0.29, 0.717) is 41.6 Å². The van der Waals surface area contributed by atoms with E-state index in [1.165, 1.54) is 16.8 Å². The van der Waals surface area contributed by atoms with E-state index in [1.807, 2.05) is 49.5 Å². The summed E-state index contributed by atoms with van der Waals surface area (Å²) in [5, 5.41) is 4.50. The number of para-hydroxylation sites is 1.